The second kappa shape index (κ2) is 6.89. The predicted molar refractivity (Wildman–Crippen MR) is 72.8 cm³/mol. The molecule has 0 aromatic rings. The number of rotatable bonds is 5. The fraction of sp³-hybridized carbons (Fsp3) is 0.818. The third-order valence-electron chi connectivity index (χ3n) is 3.27. The molecule has 1 unspecified atom stereocenters. The third kappa shape index (κ3) is 4.97. The average molecular weight is 307 g/mol. The van der Waals surface area contributed by atoms with Gasteiger partial charge in [0, 0.05) is 32.7 Å². The number of hydrogen-bond acceptors (Lipinski definition) is 4. The van der Waals surface area contributed by atoms with Gasteiger partial charge in [-0.3, -0.25) is 4.79 Å². The van der Waals surface area contributed by atoms with Crippen LogP contribution in [0.4, 0.5) is 4.79 Å². The van der Waals surface area contributed by atoms with Gasteiger partial charge in [-0.05, 0) is 6.42 Å². The average Bonchev–Trinajstić information content (AvgIpc) is 2.37. The first-order valence-corrected chi connectivity index (χ1v) is 8.27. The van der Waals surface area contributed by atoms with Crippen LogP contribution < -0.4 is 5.32 Å². The Labute approximate surface area is 118 Å². The molecule has 0 aliphatic carbocycles. The summed E-state index contributed by atoms with van der Waals surface area (Å²) in [6.45, 7) is 3.13. The van der Waals surface area contributed by atoms with E-state index in [1.54, 1.807) is 6.92 Å². The zero-order valence-electron chi connectivity index (χ0n) is 11.7. The van der Waals surface area contributed by atoms with Crippen molar-refractivity contribution in [3.8, 4) is 0 Å². The Hall–Kier alpha value is -1.35. The number of piperazine rings is 1. The monoisotopic (exact) mass is 307 g/mol. The van der Waals surface area contributed by atoms with Gasteiger partial charge in [-0.1, -0.05) is 6.92 Å². The van der Waals surface area contributed by atoms with Gasteiger partial charge >= 0.3 is 12.0 Å². The van der Waals surface area contributed by atoms with Crippen molar-refractivity contribution in [2.75, 3.05) is 39.0 Å². The van der Waals surface area contributed by atoms with Crippen LogP contribution in [0.3, 0.4) is 0 Å². The number of carboxylic acid groups (broad SMARTS) is 1. The van der Waals surface area contributed by atoms with Crippen molar-refractivity contribution in [2.24, 2.45) is 5.92 Å². The number of hydrogen-bond donors (Lipinski definition) is 2. The standard InChI is InChI=1S/C11H21N3O5S/c1-9(10(15)16)3-4-12-11(17)13-5-7-14(8-6-13)20(2,18)19/h9H,3-8H2,1-2H3,(H,12,17)(H,15,16). The SMILES string of the molecule is CC(CCNC(=O)N1CCN(S(C)(=O)=O)CC1)C(=O)O. The topological polar surface area (TPSA) is 107 Å². The number of amides is 2. The van der Waals surface area contributed by atoms with Gasteiger partial charge in [-0.15, -0.1) is 0 Å². The van der Waals surface area contributed by atoms with E-state index in [0.29, 0.717) is 26.1 Å². The maximum atomic E-state index is 11.8. The molecule has 0 spiro atoms. The molecule has 0 aromatic carbocycles. The Kier molecular flexibility index (Phi) is 5.75. The molecule has 1 rings (SSSR count). The van der Waals surface area contributed by atoms with Crippen molar-refractivity contribution in [3.05, 3.63) is 0 Å². The molecule has 20 heavy (non-hydrogen) atoms. The Morgan fingerprint density at radius 1 is 1.25 bits per heavy atom. The Bertz CT molecular complexity index is 457. The number of carbonyl (C=O) groups excluding carboxylic acids is 1. The van der Waals surface area contributed by atoms with E-state index in [2.05, 4.69) is 5.32 Å². The van der Waals surface area contributed by atoms with Gasteiger partial charge < -0.3 is 15.3 Å². The molecule has 1 saturated heterocycles. The van der Waals surface area contributed by atoms with E-state index < -0.39 is 21.9 Å². The summed E-state index contributed by atoms with van der Waals surface area (Å²) in [6, 6.07) is -0.282. The minimum atomic E-state index is -3.20. The van der Waals surface area contributed by atoms with Gasteiger partial charge in [0.05, 0.1) is 12.2 Å². The number of carbonyl (C=O) groups is 2. The second-order valence-corrected chi connectivity index (χ2v) is 6.89. The van der Waals surface area contributed by atoms with Crippen LogP contribution in [-0.4, -0.2) is 73.7 Å². The summed E-state index contributed by atoms with van der Waals surface area (Å²) < 4.78 is 24.0. The molecule has 0 bridgehead atoms. The molecule has 8 nitrogen and oxygen atoms in total. The van der Waals surface area contributed by atoms with E-state index >= 15 is 0 Å². The van der Waals surface area contributed by atoms with Gasteiger partial charge in [-0.25, -0.2) is 13.2 Å². The van der Waals surface area contributed by atoms with Crippen molar-refractivity contribution in [1.82, 2.24) is 14.5 Å². The molecule has 1 atom stereocenters. The van der Waals surface area contributed by atoms with Crippen LogP contribution in [0.2, 0.25) is 0 Å². The zero-order valence-corrected chi connectivity index (χ0v) is 12.5. The number of sulfonamides is 1. The van der Waals surface area contributed by atoms with E-state index in [0.717, 1.165) is 6.26 Å². The summed E-state index contributed by atoms with van der Waals surface area (Å²) in [5, 5.41) is 11.4. The maximum absolute atomic E-state index is 11.8. The van der Waals surface area contributed by atoms with Gasteiger partial charge in [0.1, 0.15) is 0 Å². The number of nitrogens with zero attached hydrogens (tertiary/aromatic N) is 2. The van der Waals surface area contributed by atoms with Gasteiger partial charge in [0.2, 0.25) is 10.0 Å². The molecule has 2 amide bonds. The van der Waals surface area contributed by atoms with Crippen LogP contribution >= 0.6 is 0 Å². The summed E-state index contributed by atoms with van der Waals surface area (Å²) in [6.07, 6.45) is 1.51. The highest BCUT2D eigenvalue weighted by atomic mass is 32.2. The highest BCUT2D eigenvalue weighted by Crippen LogP contribution is 2.06. The summed E-state index contributed by atoms with van der Waals surface area (Å²) in [5.41, 5.74) is 0. The maximum Gasteiger partial charge on any atom is 0.317 e. The lowest BCUT2D eigenvalue weighted by Crippen LogP contribution is -2.53. The van der Waals surface area contributed by atoms with Gasteiger partial charge in [0.15, 0.2) is 0 Å². The molecular formula is C11H21N3O5S. The van der Waals surface area contributed by atoms with E-state index in [1.165, 1.54) is 9.21 Å². The van der Waals surface area contributed by atoms with Crippen LogP contribution in [0.5, 0.6) is 0 Å². The predicted octanol–water partition coefficient (Wildman–Crippen LogP) is -0.616. The van der Waals surface area contributed by atoms with E-state index in [-0.39, 0.29) is 19.1 Å². The number of aliphatic carboxylic acids is 1. The highest BCUT2D eigenvalue weighted by Gasteiger charge is 2.25. The second-order valence-electron chi connectivity index (χ2n) is 4.91. The summed E-state index contributed by atoms with van der Waals surface area (Å²) >= 11 is 0. The van der Waals surface area contributed by atoms with Crippen molar-refractivity contribution < 1.29 is 23.1 Å². The quantitative estimate of drug-likeness (QED) is 0.704. The molecule has 0 radical (unpaired) electrons. The molecule has 1 heterocycles. The lowest BCUT2D eigenvalue weighted by molar-refractivity contribution is -0.141. The lowest BCUT2D eigenvalue weighted by atomic mass is 10.1. The fourth-order valence-corrected chi connectivity index (χ4v) is 2.68. The first-order valence-electron chi connectivity index (χ1n) is 6.42. The van der Waals surface area contributed by atoms with Gasteiger partial charge in [0.25, 0.3) is 0 Å². The van der Waals surface area contributed by atoms with Crippen molar-refractivity contribution >= 4 is 22.0 Å². The van der Waals surface area contributed by atoms with Crippen LogP contribution in [-0.2, 0) is 14.8 Å². The van der Waals surface area contributed by atoms with E-state index in [4.69, 9.17) is 5.11 Å². The van der Waals surface area contributed by atoms with Crippen LogP contribution in [0.15, 0.2) is 0 Å². The summed E-state index contributed by atoms with van der Waals surface area (Å²) in [7, 11) is -3.20. The van der Waals surface area contributed by atoms with Crippen molar-refractivity contribution in [2.45, 2.75) is 13.3 Å². The minimum absolute atomic E-state index is 0.282. The number of carboxylic acids is 1. The molecule has 2 N–H and O–H groups in total. The molecule has 0 aromatic heterocycles. The number of urea groups is 1. The Morgan fingerprint density at radius 3 is 2.25 bits per heavy atom. The Morgan fingerprint density at radius 2 is 1.80 bits per heavy atom. The van der Waals surface area contributed by atoms with Gasteiger partial charge in [-0.2, -0.15) is 4.31 Å². The first kappa shape index (κ1) is 16.7. The van der Waals surface area contributed by atoms with Crippen LogP contribution in [0.25, 0.3) is 0 Å². The molecule has 1 aliphatic rings. The molecule has 0 saturated carbocycles. The number of nitrogens with one attached hydrogen (secondary N) is 1. The van der Waals surface area contributed by atoms with E-state index in [9.17, 15) is 18.0 Å². The molecular weight excluding hydrogens is 286 g/mol. The van der Waals surface area contributed by atoms with Crippen molar-refractivity contribution in [1.29, 1.82) is 0 Å². The van der Waals surface area contributed by atoms with E-state index in [1.807, 2.05) is 0 Å². The van der Waals surface area contributed by atoms with Crippen molar-refractivity contribution in [3.63, 3.8) is 0 Å². The van der Waals surface area contributed by atoms with Crippen LogP contribution in [0, 0.1) is 5.92 Å². The first-order chi connectivity index (χ1) is 9.21. The third-order valence-corrected chi connectivity index (χ3v) is 4.57. The normalized spacial score (nSPS) is 18.6. The highest BCUT2D eigenvalue weighted by molar-refractivity contribution is 7.88. The lowest BCUT2D eigenvalue weighted by Gasteiger charge is -2.33. The fourth-order valence-electron chi connectivity index (χ4n) is 1.85. The molecule has 116 valence electrons. The summed E-state index contributed by atoms with van der Waals surface area (Å²) in [5.74, 6) is -1.39. The Balaban J connectivity index is 2.31. The largest absolute Gasteiger partial charge is 0.481 e. The molecule has 1 aliphatic heterocycles. The smallest absolute Gasteiger partial charge is 0.317 e. The molecule has 9 heteroatoms. The minimum Gasteiger partial charge on any atom is -0.481 e. The zero-order chi connectivity index (χ0) is 15.3. The van der Waals surface area contributed by atoms with Crippen LogP contribution in [0.1, 0.15) is 13.3 Å². The summed E-state index contributed by atoms with van der Waals surface area (Å²) in [4.78, 5) is 24.0. The molecule has 1 fully saturated rings.